The summed E-state index contributed by atoms with van der Waals surface area (Å²) < 4.78 is 6.66. The third-order valence-corrected chi connectivity index (χ3v) is 14.3. The van der Waals surface area contributed by atoms with Crippen LogP contribution in [0.4, 0.5) is 0 Å². The predicted octanol–water partition coefficient (Wildman–Crippen LogP) is 12.4. The SMILES string of the molecule is CC(C)(C)c1cc(-c2nccc3cc(-c4cc([Si](C)(C)C)cc([Si](C)(C)C)c4)oc23)[c-]c2ccccc12.CCC(CC)C(=O)/C=C(\O)C(CC)CC.[Ir]. The Labute approximate surface area is 335 Å². The van der Waals surface area contributed by atoms with Gasteiger partial charge in [0.1, 0.15) is 11.3 Å². The number of benzene rings is 3. The molecule has 3 aromatic carbocycles. The summed E-state index contributed by atoms with van der Waals surface area (Å²) in [5.41, 5.74) is 5.13. The molecule has 0 spiro atoms. The predicted molar refractivity (Wildman–Crippen MR) is 230 cm³/mol. The number of aromatic nitrogens is 1. The standard InChI is InChI=1S/C33H38NOSi2.C13H24O2.Ir/c1-33(2,3)29-19-25(16-22-12-10-11-13-28(22)29)31-32-23(14-15-34-31)20-30(35-32)24-17-26(36(4,5)6)21-27(18-24)37(7,8)9;1-5-10(6-2)12(14)9-13(15)11(7-3)8-4;/h10-15,17-21H,1-9H3;9-11,14H,5-8H2,1-4H3;/q-1;;/b;12-9-;. The molecule has 2 aromatic heterocycles. The van der Waals surface area contributed by atoms with Crippen molar-refractivity contribution in [2.75, 3.05) is 0 Å². The summed E-state index contributed by atoms with van der Waals surface area (Å²) in [4.78, 5) is 16.5. The van der Waals surface area contributed by atoms with E-state index in [9.17, 15) is 9.90 Å². The number of allylic oxidation sites excluding steroid dienone is 2. The van der Waals surface area contributed by atoms with Gasteiger partial charge in [0.05, 0.1) is 21.9 Å². The second-order valence-electron chi connectivity index (χ2n) is 17.4. The molecule has 287 valence electrons. The number of furan rings is 1. The minimum atomic E-state index is -1.50. The van der Waals surface area contributed by atoms with Crippen LogP contribution >= 0.6 is 0 Å². The van der Waals surface area contributed by atoms with E-state index in [4.69, 9.17) is 9.40 Å². The summed E-state index contributed by atoms with van der Waals surface area (Å²) in [6.07, 6.45) is 6.80. The molecule has 53 heavy (non-hydrogen) atoms. The Morgan fingerprint density at radius 3 is 1.92 bits per heavy atom. The Balaban J connectivity index is 0.000000403. The van der Waals surface area contributed by atoms with Gasteiger partial charge in [-0.05, 0) is 43.2 Å². The fourth-order valence-corrected chi connectivity index (χ4v) is 9.19. The van der Waals surface area contributed by atoms with Crippen LogP contribution in [0.2, 0.25) is 39.3 Å². The largest absolute Gasteiger partial charge is 0.512 e. The Kier molecular flexibility index (Phi) is 15.1. The molecule has 4 nitrogen and oxygen atoms in total. The Hall–Kier alpha value is -3.10. The molecule has 0 aliphatic carbocycles. The maximum Gasteiger partial charge on any atom is 0.162 e. The molecule has 0 amide bonds. The molecule has 0 saturated heterocycles. The summed E-state index contributed by atoms with van der Waals surface area (Å²) in [5, 5.41) is 16.2. The maximum absolute atomic E-state index is 11.7. The van der Waals surface area contributed by atoms with E-state index >= 15 is 0 Å². The molecular weight excluding hydrogens is 863 g/mol. The molecule has 5 rings (SSSR count). The zero-order chi connectivity index (χ0) is 38.6. The van der Waals surface area contributed by atoms with Gasteiger partial charge in [0, 0.05) is 60.9 Å². The second kappa shape index (κ2) is 18.0. The van der Waals surface area contributed by atoms with Gasteiger partial charge >= 0.3 is 0 Å². The van der Waals surface area contributed by atoms with E-state index in [0.717, 1.165) is 59.1 Å². The van der Waals surface area contributed by atoms with E-state index in [2.05, 4.69) is 127 Å². The second-order valence-corrected chi connectivity index (χ2v) is 27.5. The van der Waals surface area contributed by atoms with Gasteiger partial charge in [0.2, 0.25) is 0 Å². The maximum atomic E-state index is 11.7. The third-order valence-electron chi connectivity index (χ3n) is 10.3. The minimum Gasteiger partial charge on any atom is -0.512 e. The fraction of sp³-hybridized carbons (Fsp3) is 0.435. The molecule has 1 N–H and O–H groups in total. The number of hydrogen-bond acceptors (Lipinski definition) is 4. The van der Waals surface area contributed by atoms with E-state index in [1.807, 2.05) is 33.9 Å². The van der Waals surface area contributed by atoms with Crippen molar-refractivity contribution in [1.29, 1.82) is 0 Å². The summed E-state index contributed by atoms with van der Waals surface area (Å²) in [5.74, 6) is 1.46. The molecule has 0 unspecified atom stereocenters. The van der Waals surface area contributed by atoms with Gasteiger partial charge in [0.25, 0.3) is 0 Å². The van der Waals surface area contributed by atoms with Crippen LogP contribution in [-0.4, -0.2) is 32.0 Å². The summed E-state index contributed by atoms with van der Waals surface area (Å²) in [7, 11) is -3.00. The number of carbonyl (C=O) groups is 1. The molecule has 0 aliphatic rings. The molecular formula is C46H62IrNO3Si2-. The average molecular weight is 925 g/mol. The number of hydrogen-bond donors (Lipinski definition) is 1. The van der Waals surface area contributed by atoms with E-state index in [1.165, 1.54) is 33.0 Å². The van der Waals surface area contributed by atoms with Crippen LogP contribution in [0.1, 0.15) is 79.7 Å². The Morgan fingerprint density at radius 2 is 1.40 bits per heavy atom. The first-order valence-electron chi connectivity index (χ1n) is 19.3. The van der Waals surface area contributed by atoms with Crippen LogP contribution in [-0.2, 0) is 30.3 Å². The van der Waals surface area contributed by atoms with E-state index in [-0.39, 0.29) is 48.9 Å². The van der Waals surface area contributed by atoms with Gasteiger partial charge in [-0.25, -0.2) is 0 Å². The van der Waals surface area contributed by atoms with Crippen molar-refractivity contribution >= 4 is 54.0 Å². The van der Waals surface area contributed by atoms with Crippen molar-refractivity contribution in [2.24, 2.45) is 11.8 Å². The number of pyridine rings is 1. The molecule has 0 atom stereocenters. The fourth-order valence-electron chi connectivity index (χ4n) is 6.69. The van der Waals surface area contributed by atoms with E-state index in [1.54, 1.807) is 0 Å². The van der Waals surface area contributed by atoms with Crippen LogP contribution in [0.3, 0.4) is 0 Å². The number of rotatable bonds is 11. The van der Waals surface area contributed by atoms with Crippen molar-refractivity contribution in [2.45, 2.75) is 119 Å². The van der Waals surface area contributed by atoms with Gasteiger partial charge in [0.15, 0.2) is 5.78 Å². The quantitative estimate of drug-likeness (QED) is 0.0620. The monoisotopic (exact) mass is 925 g/mol. The molecule has 0 saturated carbocycles. The van der Waals surface area contributed by atoms with Crippen LogP contribution in [0.25, 0.3) is 44.3 Å². The van der Waals surface area contributed by atoms with Crippen molar-refractivity contribution in [3.8, 4) is 22.6 Å². The summed E-state index contributed by atoms with van der Waals surface area (Å²) in [6.45, 7) is 29.4. The Bertz CT molecular complexity index is 2000. The zero-order valence-electron chi connectivity index (χ0n) is 34.5. The van der Waals surface area contributed by atoms with Crippen LogP contribution < -0.4 is 10.4 Å². The first kappa shape index (κ1) is 44.3. The van der Waals surface area contributed by atoms with Gasteiger partial charge in [-0.15, -0.1) is 29.1 Å². The number of ketones is 1. The number of fused-ring (bicyclic) bond motifs is 2. The van der Waals surface area contributed by atoms with Gasteiger partial charge < -0.3 is 9.52 Å². The van der Waals surface area contributed by atoms with Gasteiger partial charge in [-0.3, -0.25) is 9.78 Å². The normalized spacial score (nSPS) is 12.6. The van der Waals surface area contributed by atoms with Crippen molar-refractivity contribution in [3.05, 3.63) is 90.3 Å². The number of nitrogens with zero attached hydrogens (tertiary/aromatic N) is 1. The topological polar surface area (TPSA) is 63.3 Å². The van der Waals surface area contributed by atoms with Crippen LogP contribution in [0.5, 0.6) is 0 Å². The number of carbonyl (C=O) groups excluding carboxylic acids is 1. The van der Waals surface area contributed by atoms with Crippen LogP contribution in [0.15, 0.2) is 83.1 Å². The van der Waals surface area contributed by atoms with E-state index < -0.39 is 16.1 Å². The summed E-state index contributed by atoms with van der Waals surface area (Å²) >= 11 is 0. The average Bonchev–Trinajstić information content (AvgIpc) is 3.53. The molecule has 5 aromatic rings. The molecule has 7 heteroatoms. The number of aliphatic hydroxyl groups is 1. The molecule has 2 heterocycles. The first-order valence-corrected chi connectivity index (χ1v) is 26.3. The van der Waals surface area contributed by atoms with Crippen molar-refractivity contribution in [1.82, 2.24) is 4.98 Å². The third kappa shape index (κ3) is 10.8. The molecule has 1 radical (unpaired) electrons. The first-order chi connectivity index (χ1) is 24.3. The summed E-state index contributed by atoms with van der Waals surface area (Å²) in [6, 6.07) is 25.8. The van der Waals surface area contributed by atoms with Gasteiger partial charge in [-0.2, -0.15) is 0 Å². The van der Waals surface area contributed by atoms with E-state index in [0.29, 0.717) is 0 Å². The van der Waals surface area contributed by atoms with Crippen molar-refractivity contribution < 1.29 is 34.4 Å². The van der Waals surface area contributed by atoms with Gasteiger partial charge in [-0.1, -0.05) is 145 Å². The smallest absolute Gasteiger partial charge is 0.162 e. The Morgan fingerprint density at radius 1 is 0.830 bits per heavy atom. The molecule has 0 aliphatic heterocycles. The van der Waals surface area contributed by atoms with Crippen molar-refractivity contribution in [3.63, 3.8) is 0 Å². The van der Waals surface area contributed by atoms with Crippen LogP contribution in [0, 0.1) is 17.9 Å². The number of aliphatic hydroxyl groups excluding tert-OH is 1. The molecule has 0 fully saturated rings. The minimum absolute atomic E-state index is 0. The molecule has 0 bridgehead atoms. The zero-order valence-corrected chi connectivity index (χ0v) is 38.9.